The molecular formula is C55H37N3. The van der Waals surface area contributed by atoms with Gasteiger partial charge in [0.25, 0.3) is 0 Å². The van der Waals surface area contributed by atoms with Crippen LogP contribution in [0.2, 0.25) is 0 Å². The summed E-state index contributed by atoms with van der Waals surface area (Å²) in [7, 11) is 0. The van der Waals surface area contributed by atoms with Crippen molar-refractivity contribution in [1.82, 2.24) is 9.13 Å². The normalized spacial score (nSPS) is 13.0. The minimum absolute atomic E-state index is 0.825. The number of nitrogens with two attached hydrogens (primary N) is 1. The highest BCUT2D eigenvalue weighted by atomic mass is 15.0. The van der Waals surface area contributed by atoms with Gasteiger partial charge in [0.1, 0.15) is 0 Å². The van der Waals surface area contributed by atoms with Gasteiger partial charge >= 0.3 is 0 Å². The van der Waals surface area contributed by atoms with Crippen LogP contribution in [0, 0.1) is 0 Å². The minimum atomic E-state index is 0.825. The summed E-state index contributed by atoms with van der Waals surface area (Å²) in [5, 5.41) is 7.48. The first kappa shape index (κ1) is 32.6. The van der Waals surface area contributed by atoms with Gasteiger partial charge in [0.05, 0.1) is 22.1 Å². The Morgan fingerprint density at radius 2 is 1.02 bits per heavy atom. The third-order valence-corrected chi connectivity index (χ3v) is 12.3. The lowest BCUT2D eigenvalue weighted by Crippen LogP contribution is -1.94. The van der Waals surface area contributed by atoms with Crippen LogP contribution in [0.1, 0.15) is 16.7 Å². The van der Waals surface area contributed by atoms with Crippen molar-refractivity contribution in [3.8, 4) is 33.6 Å². The number of nitrogens with zero attached hydrogens (tertiary/aromatic N) is 2. The molecular weight excluding hydrogens is 703 g/mol. The SMILES string of the molecule is Nc1cccc2c1/C(=C\Cc1ccc3cc(-n4c5ccccc5c5cc(-c6ccc7c8ccccc8n(-c8ccccc8)c7c6)ccc54)ccc3c1)c1ccccc1-2. The van der Waals surface area contributed by atoms with Crippen molar-refractivity contribution in [2.75, 3.05) is 5.73 Å². The summed E-state index contributed by atoms with van der Waals surface area (Å²) in [6, 6.07) is 70.7. The van der Waals surface area contributed by atoms with Crippen LogP contribution in [0.5, 0.6) is 0 Å². The molecule has 272 valence electrons. The van der Waals surface area contributed by atoms with Crippen LogP contribution in [-0.2, 0) is 6.42 Å². The molecule has 0 radical (unpaired) electrons. The van der Waals surface area contributed by atoms with E-state index in [0.717, 1.165) is 23.4 Å². The van der Waals surface area contributed by atoms with Crippen LogP contribution in [0.3, 0.4) is 0 Å². The predicted molar refractivity (Wildman–Crippen MR) is 245 cm³/mol. The van der Waals surface area contributed by atoms with Crippen molar-refractivity contribution in [1.29, 1.82) is 0 Å². The summed E-state index contributed by atoms with van der Waals surface area (Å²) in [4.78, 5) is 0. The quantitative estimate of drug-likeness (QED) is 0.175. The van der Waals surface area contributed by atoms with Crippen molar-refractivity contribution in [2.45, 2.75) is 6.42 Å². The molecule has 1 aliphatic rings. The van der Waals surface area contributed by atoms with E-state index in [0.29, 0.717) is 0 Å². The van der Waals surface area contributed by atoms with Gasteiger partial charge in [-0.3, -0.25) is 0 Å². The van der Waals surface area contributed by atoms with E-state index in [2.05, 4.69) is 203 Å². The first-order valence-corrected chi connectivity index (χ1v) is 20.0. The number of rotatable bonds is 5. The fraction of sp³-hybridized carbons (Fsp3) is 0.0182. The number of hydrogen-bond acceptors (Lipinski definition) is 1. The number of allylic oxidation sites excluding steroid dienone is 1. The summed E-state index contributed by atoms with van der Waals surface area (Å²) in [6.45, 7) is 0. The van der Waals surface area contributed by atoms with Gasteiger partial charge in [-0.05, 0) is 117 Å². The third kappa shape index (κ3) is 4.93. The average molecular weight is 740 g/mol. The molecule has 0 spiro atoms. The van der Waals surface area contributed by atoms with Gasteiger partial charge in [0.15, 0.2) is 0 Å². The summed E-state index contributed by atoms with van der Waals surface area (Å²) < 4.78 is 4.81. The molecule has 0 atom stereocenters. The predicted octanol–water partition coefficient (Wildman–Crippen LogP) is 13.9. The summed E-state index contributed by atoms with van der Waals surface area (Å²) >= 11 is 0. The average Bonchev–Trinajstić information content (AvgIpc) is 3.91. The molecule has 11 aromatic rings. The van der Waals surface area contributed by atoms with Gasteiger partial charge in [-0.2, -0.15) is 0 Å². The Balaban J connectivity index is 0.925. The minimum Gasteiger partial charge on any atom is -0.398 e. The number of hydrogen-bond donors (Lipinski definition) is 1. The molecule has 1 aliphatic carbocycles. The number of fused-ring (bicyclic) bond motifs is 10. The van der Waals surface area contributed by atoms with Crippen LogP contribution in [0.4, 0.5) is 5.69 Å². The van der Waals surface area contributed by atoms with Crippen molar-refractivity contribution < 1.29 is 0 Å². The second kappa shape index (κ2) is 12.7. The van der Waals surface area contributed by atoms with Gasteiger partial charge in [-0.15, -0.1) is 0 Å². The van der Waals surface area contributed by atoms with Gasteiger partial charge in [0, 0.05) is 44.2 Å². The molecule has 2 heterocycles. The Morgan fingerprint density at radius 1 is 0.397 bits per heavy atom. The fourth-order valence-electron chi connectivity index (χ4n) is 9.60. The molecule has 0 amide bonds. The maximum atomic E-state index is 6.55. The van der Waals surface area contributed by atoms with E-state index in [1.54, 1.807) is 0 Å². The first-order chi connectivity index (χ1) is 28.7. The van der Waals surface area contributed by atoms with E-state index < -0.39 is 0 Å². The monoisotopic (exact) mass is 739 g/mol. The molecule has 0 aliphatic heterocycles. The Morgan fingerprint density at radius 3 is 1.86 bits per heavy atom. The second-order valence-electron chi connectivity index (χ2n) is 15.5. The van der Waals surface area contributed by atoms with E-state index in [1.165, 1.54) is 99.0 Å². The maximum Gasteiger partial charge on any atom is 0.0547 e. The van der Waals surface area contributed by atoms with E-state index >= 15 is 0 Å². The zero-order chi connectivity index (χ0) is 38.3. The summed E-state index contributed by atoms with van der Waals surface area (Å²) in [5.74, 6) is 0. The van der Waals surface area contributed by atoms with Crippen molar-refractivity contribution in [2.24, 2.45) is 0 Å². The fourth-order valence-corrected chi connectivity index (χ4v) is 9.60. The van der Waals surface area contributed by atoms with Crippen LogP contribution in [0.25, 0.3) is 93.6 Å². The molecule has 0 saturated heterocycles. The number of nitrogen functional groups attached to an aromatic ring is 1. The topological polar surface area (TPSA) is 35.9 Å². The molecule has 2 aromatic heterocycles. The Bertz CT molecular complexity index is 3490. The van der Waals surface area contributed by atoms with Crippen LogP contribution in [-0.4, -0.2) is 9.13 Å². The first-order valence-electron chi connectivity index (χ1n) is 20.0. The Labute approximate surface area is 336 Å². The number of para-hydroxylation sites is 3. The lowest BCUT2D eigenvalue weighted by molar-refractivity contribution is 1.18. The maximum absolute atomic E-state index is 6.55. The summed E-state index contributed by atoms with van der Waals surface area (Å²) in [5.41, 5.74) is 24.3. The Hall–Kier alpha value is -7.62. The van der Waals surface area contributed by atoms with Gasteiger partial charge in [-0.25, -0.2) is 0 Å². The van der Waals surface area contributed by atoms with E-state index in [-0.39, 0.29) is 0 Å². The molecule has 9 aromatic carbocycles. The van der Waals surface area contributed by atoms with Crippen molar-refractivity contribution in [3.05, 3.63) is 217 Å². The summed E-state index contributed by atoms with van der Waals surface area (Å²) in [6.07, 6.45) is 3.18. The highest BCUT2D eigenvalue weighted by Crippen LogP contribution is 2.47. The van der Waals surface area contributed by atoms with E-state index in [9.17, 15) is 0 Å². The van der Waals surface area contributed by atoms with Crippen LogP contribution >= 0.6 is 0 Å². The lowest BCUT2D eigenvalue weighted by atomic mass is 9.98. The zero-order valence-electron chi connectivity index (χ0n) is 31.7. The van der Waals surface area contributed by atoms with Crippen molar-refractivity contribution in [3.63, 3.8) is 0 Å². The number of anilines is 1. The molecule has 3 heteroatoms. The molecule has 2 N–H and O–H groups in total. The van der Waals surface area contributed by atoms with Gasteiger partial charge < -0.3 is 14.9 Å². The standard InChI is InChI=1S/C55H37N3/c56-50-18-10-17-47-42-13-4-5-14-43(42)48(55(47)50)28-22-35-21-23-37-32-41(27-24-36(37)31-35)58-52-20-9-7-16-45(52)49-33-38(26-30-53(49)58)39-25-29-46-44-15-6-8-19-51(44)57(54(46)34-39)40-11-2-1-3-12-40/h1-21,23-34H,22,56H2/b48-28-. The number of benzene rings is 9. The third-order valence-electron chi connectivity index (χ3n) is 12.3. The van der Waals surface area contributed by atoms with Crippen molar-refractivity contribution >= 4 is 65.6 Å². The van der Waals surface area contributed by atoms with Gasteiger partial charge in [0.2, 0.25) is 0 Å². The molecule has 0 fully saturated rings. The molecule has 0 bridgehead atoms. The Kier molecular flexibility index (Phi) is 7.14. The molecule has 0 unspecified atom stereocenters. The second-order valence-corrected chi connectivity index (χ2v) is 15.5. The number of aromatic nitrogens is 2. The van der Waals surface area contributed by atoms with Crippen LogP contribution in [0.15, 0.2) is 200 Å². The molecule has 58 heavy (non-hydrogen) atoms. The van der Waals surface area contributed by atoms with E-state index in [4.69, 9.17) is 5.73 Å². The van der Waals surface area contributed by atoms with Gasteiger partial charge in [-0.1, -0.05) is 140 Å². The highest BCUT2D eigenvalue weighted by Gasteiger charge is 2.24. The largest absolute Gasteiger partial charge is 0.398 e. The molecule has 3 nitrogen and oxygen atoms in total. The zero-order valence-corrected chi connectivity index (χ0v) is 31.7. The molecule has 12 rings (SSSR count). The van der Waals surface area contributed by atoms with Crippen LogP contribution < -0.4 is 5.73 Å². The lowest BCUT2D eigenvalue weighted by Gasteiger charge is -2.11. The smallest absolute Gasteiger partial charge is 0.0547 e. The van der Waals surface area contributed by atoms with E-state index in [1.807, 2.05) is 6.07 Å². The highest BCUT2D eigenvalue weighted by molar-refractivity contribution is 6.13. The molecule has 0 saturated carbocycles.